The fourth-order valence-corrected chi connectivity index (χ4v) is 4.15. The Bertz CT molecular complexity index is 670. The van der Waals surface area contributed by atoms with Gasteiger partial charge in [0.25, 0.3) is 0 Å². The fraction of sp³-hybridized carbons (Fsp3) is 0.636. The standard InChI is InChI=1S/C22H33N3O3/c1-21(2,3)28-20(27)25-15-13-22(14-16-25,17-9-5-4-6-10-17)24-19(26)23-18-11-7-8-12-18/h4-6,9-10,18H,7-8,11-16H2,1-3H3,(H2,23,24,26). The lowest BCUT2D eigenvalue weighted by Gasteiger charge is -2.43. The average molecular weight is 388 g/mol. The molecule has 28 heavy (non-hydrogen) atoms. The third-order valence-electron chi connectivity index (χ3n) is 5.64. The minimum atomic E-state index is -0.509. The zero-order valence-corrected chi connectivity index (χ0v) is 17.3. The van der Waals surface area contributed by atoms with Gasteiger partial charge in [0.15, 0.2) is 0 Å². The van der Waals surface area contributed by atoms with Gasteiger partial charge in [-0.3, -0.25) is 0 Å². The van der Waals surface area contributed by atoms with Crippen molar-refractivity contribution in [2.24, 2.45) is 0 Å². The molecule has 2 fully saturated rings. The van der Waals surface area contributed by atoms with Crippen molar-refractivity contribution in [3.8, 4) is 0 Å². The van der Waals surface area contributed by atoms with Crippen LogP contribution in [0.1, 0.15) is 64.9 Å². The van der Waals surface area contributed by atoms with E-state index in [1.807, 2.05) is 39.0 Å². The van der Waals surface area contributed by atoms with Crippen LogP contribution in [0.3, 0.4) is 0 Å². The summed E-state index contributed by atoms with van der Waals surface area (Å²) in [6.07, 6.45) is 5.50. The SMILES string of the molecule is CC(C)(C)OC(=O)N1CCC(NC(=O)NC2CCCC2)(c2ccccc2)CC1. The summed E-state index contributed by atoms with van der Waals surface area (Å²) in [7, 11) is 0. The van der Waals surface area contributed by atoms with Crippen molar-refractivity contribution in [1.82, 2.24) is 15.5 Å². The summed E-state index contributed by atoms with van der Waals surface area (Å²) >= 11 is 0. The quantitative estimate of drug-likeness (QED) is 0.818. The molecule has 0 bridgehead atoms. The zero-order chi connectivity index (χ0) is 20.2. The molecule has 1 aromatic carbocycles. The number of carbonyl (C=O) groups excluding carboxylic acids is 2. The van der Waals surface area contributed by atoms with E-state index in [1.165, 1.54) is 12.8 Å². The van der Waals surface area contributed by atoms with Crippen molar-refractivity contribution in [2.45, 2.75) is 76.5 Å². The number of nitrogens with one attached hydrogen (secondary N) is 2. The van der Waals surface area contributed by atoms with Crippen LogP contribution in [0.25, 0.3) is 0 Å². The van der Waals surface area contributed by atoms with E-state index < -0.39 is 11.1 Å². The van der Waals surface area contributed by atoms with Crippen LogP contribution in [0, 0.1) is 0 Å². The van der Waals surface area contributed by atoms with Crippen LogP contribution < -0.4 is 10.6 Å². The molecule has 0 unspecified atom stereocenters. The minimum Gasteiger partial charge on any atom is -0.444 e. The van der Waals surface area contributed by atoms with Gasteiger partial charge in [-0.2, -0.15) is 0 Å². The van der Waals surface area contributed by atoms with Crippen molar-refractivity contribution in [2.75, 3.05) is 13.1 Å². The Labute approximate surface area is 168 Å². The molecule has 0 aromatic heterocycles. The summed E-state index contributed by atoms with van der Waals surface area (Å²) in [6, 6.07) is 10.2. The van der Waals surface area contributed by atoms with Crippen LogP contribution in [-0.4, -0.2) is 41.8 Å². The van der Waals surface area contributed by atoms with Crippen LogP contribution in [0.15, 0.2) is 30.3 Å². The zero-order valence-electron chi connectivity index (χ0n) is 17.3. The Morgan fingerprint density at radius 2 is 1.68 bits per heavy atom. The Morgan fingerprint density at radius 3 is 2.25 bits per heavy atom. The Hall–Kier alpha value is -2.24. The molecular weight excluding hydrogens is 354 g/mol. The molecule has 2 aliphatic rings. The number of piperidine rings is 1. The third kappa shape index (κ3) is 5.18. The van der Waals surface area contributed by atoms with E-state index in [2.05, 4.69) is 22.8 Å². The van der Waals surface area contributed by atoms with E-state index in [4.69, 9.17) is 4.74 Å². The van der Waals surface area contributed by atoms with Crippen molar-refractivity contribution in [3.05, 3.63) is 35.9 Å². The first kappa shape index (κ1) is 20.5. The predicted molar refractivity (Wildman–Crippen MR) is 109 cm³/mol. The van der Waals surface area contributed by atoms with E-state index in [9.17, 15) is 9.59 Å². The summed E-state index contributed by atoms with van der Waals surface area (Å²) in [5.41, 5.74) is 0.104. The molecule has 3 amide bonds. The number of nitrogens with zero attached hydrogens (tertiary/aromatic N) is 1. The molecule has 6 nitrogen and oxygen atoms in total. The van der Waals surface area contributed by atoms with Gasteiger partial charge in [0, 0.05) is 19.1 Å². The Balaban J connectivity index is 1.69. The van der Waals surface area contributed by atoms with E-state index in [0.717, 1.165) is 18.4 Å². The number of likely N-dealkylation sites (tertiary alicyclic amines) is 1. The minimum absolute atomic E-state index is 0.110. The van der Waals surface area contributed by atoms with Crippen LogP contribution in [-0.2, 0) is 10.3 Å². The molecule has 1 heterocycles. The highest BCUT2D eigenvalue weighted by Crippen LogP contribution is 2.33. The summed E-state index contributed by atoms with van der Waals surface area (Å²) in [5.74, 6) is 0. The number of hydrogen-bond donors (Lipinski definition) is 2. The monoisotopic (exact) mass is 387 g/mol. The van der Waals surface area contributed by atoms with Gasteiger partial charge in [-0.25, -0.2) is 9.59 Å². The first-order chi connectivity index (χ1) is 13.3. The highest BCUT2D eigenvalue weighted by atomic mass is 16.6. The number of rotatable bonds is 3. The van der Waals surface area contributed by atoms with Gasteiger partial charge in [-0.15, -0.1) is 0 Å². The van der Waals surface area contributed by atoms with Crippen molar-refractivity contribution in [3.63, 3.8) is 0 Å². The first-order valence-corrected chi connectivity index (χ1v) is 10.4. The number of hydrogen-bond acceptors (Lipinski definition) is 3. The molecule has 1 saturated heterocycles. The lowest BCUT2D eigenvalue weighted by Crippen LogP contribution is -2.57. The van der Waals surface area contributed by atoms with Gasteiger partial charge in [-0.1, -0.05) is 43.2 Å². The van der Waals surface area contributed by atoms with E-state index in [-0.39, 0.29) is 18.2 Å². The maximum atomic E-state index is 12.7. The molecule has 6 heteroatoms. The first-order valence-electron chi connectivity index (χ1n) is 10.4. The van der Waals surface area contributed by atoms with E-state index in [0.29, 0.717) is 25.9 Å². The number of carbonyl (C=O) groups is 2. The molecular formula is C22H33N3O3. The molecule has 1 aromatic rings. The second-order valence-electron chi connectivity index (χ2n) is 9.00. The Morgan fingerprint density at radius 1 is 1.07 bits per heavy atom. The lowest BCUT2D eigenvalue weighted by atomic mass is 9.81. The van der Waals surface area contributed by atoms with E-state index >= 15 is 0 Å². The van der Waals surface area contributed by atoms with Crippen molar-refractivity contribution in [1.29, 1.82) is 0 Å². The highest BCUT2D eigenvalue weighted by molar-refractivity contribution is 5.75. The molecule has 154 valence electrons. The van der Waals surface area contributed by atoms with Crippen LogP contribution in [0.5, 0.6) is 0 Å². The highest BCUT2D eigenvalue weighted by Gasteiger charge is 2.40. The molecule has 2 N–H and O–H groups in total. The molecule has 0 radical (unpaired) electrons. The number of urea groups is 1. The molecule has 1 saturated carbocycles. The third-order valence-corrected chi connectivity index (χ3v) is 5.64. The Kier molecular flexibility index (Phi) is 6.16. The normalized spacial score (nSPS) is 19.9. The summed E-state index contributed by atoms with van der Waals surface area (Å²) in [4.78, 5) is 26.9. The second-order valence-corrected chi connectivity index (χ2v) is 9.00. The van der Waals surface area contributed by atoms with Crippen LogP contribution >= 0.6 is 0 Å². The second kappa shape index (κ2) is 8.41. The van der Waals surface area contributed by atoms with Crippen molar-refractivity contribution >= 4 is 12.1 Å². The molecule has 1 aliphatic heterocycles. The van der Waals surface area contributed by atoms with Crippen LogP contribution in [0.2, 0.25) is 0 Å². The molecule has 3 rings (SSSR count). The fourth-order valence-electron chi connectivity index (χ4n) is 4.15. The number of amides is 3. The largest absolute Gasteiger partial charge is 0.444 e. The van der Waals surface area contributed by atoms with Gasteiger partial charge < -0.3 is 20.3 Å². The molecule has 0 atom stereocenters. The van der Waals surface area contributed by atoms with Crippen molar-refractivity contribution < 1.29 is 14.3 Å². The lowest BCUT2D eigenvalue weighted by molar-refractivity contribution is 0.0151. The average Bonchev–Trinajstić information content (AvgIpc) is 3.14. The summed E-state index contributed by atoms with van der Waals surface area (Å²) in [5, 5.41) is 6.38. The van der Waals surface area contributed by atoms with Crippen LogP contribution in [0.4, 0.5) is 9.59 Å². The number of benzene rings is 1. The maximum Gasteiger partial charge on any atom is 0.410 e. The molecule has 1 aliphatic carbocycles. The topological polar surface area (TPSA) is 70.7 Å². The summed E-state index contributed by atoms with van der Waals surface area (Å²) < 4.78 is 5.51. The van der Waals surface area contributed by atoms with Gasteiger partial charge >= 0.3 is 12.1 Å². The smallest absolute Gasteiger partial charge is 0.410 e. The summed E-state index contributed by atoms with van der Waals surface area (Å²) in [6.45, 7) is 6.72. The molecule has 0 spiro atoms. The maximum absolute atomic E-state index is 12.7. The van der Waals surface area contributed by atoms with Gasteiger partial charge in [0.05, 0.1) is 5.54 Å². The van der Waals surface area contributed by atoms with Gasteiger partial charge in [-0.05, 0) is 52.0 Å². The van der Waals surface area contributed by atoms with Gasteiger partial charge in [0.2, 0.25) is 0 Å². The predicted octanol–water partition coefficient (Wildman–Crippen LogP) is 4.15. The van der Waals surface area contributed by atoms with Gasteiger partial charge in [0.1, 0.15) is 5.60 Å². The van der Waals surface area contributed by atoms with E-state index in [1.54, 1.807) is 4.90 Å². The number of ether oxygens (including phenoxy) is 1.